The van der Waals surface area contributed by atoms with Gasteiger partial charge in [-0.25, -0.2) is 0 Å². The summed E-state index contributed by atoms with van der Waals surface area (Å²) in [5, 5.41) is 0. The van der Waals surface area contributed by atoms with E-state index in [1.807, 2.05) is 6.92 Å². The van der Waals surface area contributed by atoms with Crippen LogP contribution in [0.1, 0.15) is 26.7 Å². The van der Waals surface area contributed by atoms with E-state index in [0.717, 1.165) is 12.8 Å². The summed E-state index contributed by atoms with van der Waals surface area (Å²) in [5.41, 5.74) is 5.78. The normalized spacial score (nSPS) is 25.4. The molecule has 0 aliphatic carbocycles. The van der Waals surface area contributed by atoms with Crippen LogP contribution in [0.3, 0.4) is 0 Å². The molecule has 2 aliphatic heterocycles. The fourth-order valence-corrected chi connectivity index (χ4v) is 3.23. The van der Waals surface area contributed by atoms with E-state index in [4.69, 9.17) is 5.73 Å². The highest BCUT2D eigenvalue weighted by Crippen LogP contribution is 2.22. The largest absolute Gasteiger partial charge is 0.337 e. The molecule has 0 spiro atoms. The van der Waals surface area contributed by atoms with Crippen LogP contribution in [-0.4, -0.2) is 77.7 Å². The summed E-state index contributed by atoms with van der Waals surface area (Å²) in [6.07, 6.45) is 1.86. The maximum atomic E-state index is 12.5. The van der Waals surface area contributed by atoms with Gasteiger partial charge in [-0.1, -0.05) is 6.92 Å². The average molecular weight is 347 g/mol. The number of hydrogen-bond donors (Lipinski definition) is 1. The maximum absolute atomic E-state index is 12.5. The monoisotopic (exact) mass is 346 g/mol. The third-order valence-electron chi connectivity index (χ3n) is 4.68. The number of nitrogens with two attached hydrogens (primary N) is 1. The first-order valence-electron chi connectivity index (χ1n) is 8.05. The Kier molecular flexibility index (Phi) is 7.28. The molecule has 8 heteroatoms. The van der Waals surface area contributed by atoms with Crippen LogP contribution in [0.25, 0.3) is 0 Å². The van der Waals surface area contributed by atoms with Crippen molar-refractivity contribution in [1.29, 1.82) is 0 Å². The molecule has 132 valence electrons. The third-order valence-corrected chi connectivity index (χ3v) is 4.68. The lowest BCUT2D eigenvalue weighted by Gasteiger charge is -2.40. The van der Waals surface area contributed by atoms with Crippen molar-refractivity contribution in [3.05, 3.63) is 0 Å². The highest BCUT2D eigenvalue weighted by atomic mass is 35.5. The maximum Gasteiger partial charge on any atom is 0.312 e. The summed E-state index contributed by atoms with van der Waals surface area (Å²) in [4.78, 5) is 41.1. The van der Waals surface area contributed by atoms with E-state index < -0.39 is 11.8 Å². The van der Waals surface area contributed by atoms with Gasteiger partial charge in [0.25, 0.3) is 0 Å². The van der Waals surface area contributed by atoms with Gasteiger partial charge in [0.05, 0.1) is 0 Å². The Morgan fingerprint density at radius 2 is 1.78 bits per heavy atom. The number of piperazine rings is 1. The van der Waals surface area contributed by atoms with Gasteiger partial charge in [-0.3, -0.25) is 14.4 Å². The second kappa shape index (κ2) is 8.49. The molecule has 0 aromatic carbocycles. The average Bonchev–Trinajstić information content (AvgIpc) is 2.51. The van der Waals surface area contributed by atoms with Gasteiger partial charge in [-0.15, -0.1) is 12.4 Å². The van der Waals surface area contributed by atoms with Crippen molar-refractivity contribution in [3.8, 4) is 0 Å². The molecule has 23 heavy (non-hydrogen) atoms. The lowest BCUT2D eigenvalue weighted by Crippen LogP contribution is -2.58. The molecule has 2 atom stereocenters. The van der Waals surface area contributed by atoms with E-state index in [0.29, 0.717) is 38.6 Å². The number of hydrogen-bond acceptors (Lipinski definition) is 4. The van der Waals surface area contributed by atoms with E-state index in [1.165, 1.54) is 9.80 Å². The predicted octanol–water partition coefficient (Wildman–Crippen LogP) is -0.315. The zero-order valence-electron chi connectivity index (χ0n) is 13.9. The number of amides is 3. The smallest absolute Gasteiger partial charge is 0.312 e. The summed E-state index contributed by atoms with van der Waals surface area (Å²) in [6.45, 7) is 6.53. The summed E-state index contributed by atoms with van der Waals surface area (Å²) in [5.74, 6) is -0.623. The number of carbonyl (C=O) groups excluding carboxylic acids is 3. The van der Waals surface area contributed by atoms with E-state index >= 15 is 0 Å². The van der Waals surface area contributed by atoms with Crippen LogP contribution in [0.15, 0.2) is 0 Å². The Labute approximate surface area is 143 Å². The molecule has 0 saturated carbocycles. The van der Waals surface area contributed by atoms with Crippen molar-refractivity contribution in [1.82, 2.24) is 14.7 Å². The van der Waals surface area contributed by atoms with E-state index in [2.05, 4.69) is 6.92 Å². The topological polar surface area (TPSA) is 86.9 Å². The van der Waals surface area contributed by atoms with Gasteiger partial charge in [0.15, 0.2) is 0 Å². The van der Waals surface area contributed by atoms with Crippen LogP contribution >= 0.6 is 12.4 Å². The Morgan fingerprint density at radius 1 is 1.17 bits per heavy atom. The van der Waals surface area contributed by atoms with Crippen molar-refractivity contribution in [2.45, 2.75) is 32.7 Å². The molecular formula is C15H27ClN4O3. The predicted molar refractivity (Wildman–Crippen MR) is 89.0 cm³/mol. The Balaban J connectivity index is 0.00000264. The van der Waals surface area contributed by atoms with Gasteiger partial charge in [0, 0.05) is 38.8 Å². The van der Waals surface area contributed by atoms with Crippen LogP contribution in [0.4, 0.5) is 0 Å². The van der Waals surface area contributed by atoms with Gasteiger partial charge < -0.3 is 20.4 Å². The van der Waals surface area contributed by atoms with Gasteiger partial charge in [0.1, 0.15) is 6.54 Å². The number of piperidine rings is 1. The molecule has 0 bridgehead atoms. The first-order valence-corrected chi connectivity index (χ1v) is 8.05. The molecule has 2 saturated heterocycles. The van der Waals surface area contributed by atoms with Gasteiger partial charge in [-0.05, 0) is 25.7 Å². The Hall–Kier alpha value is -1.34. The van der Waals surface area contributed by atoms with E-state index in [1.54, 1.807) is 4.90 Å². The third kappa shape index (κ3) is 4.35. The fraction of sp³-hybridized carbons (Fsp3) is 0.800. The highest BCUT2D eigenvalue weighted by Gasteiger charge is 2.35. The van der Waals surface area contributed by atoms with Crippen molar-refractivity contribution in [2.75, 3.05) is 39.3 Å². The van der Waals surface area contributed by atoms with E-state index in [-0.39, 0.29) is 30.9 Å². The highest BCUT2D eigenvalue weighted by molar-refractivity contribution is 6.35. The van der Waals surface area contributed by atoms with Gasteiger partial charge >= 0.3 is 11.8 Å². The fourth-order valence-electron chi connectivity index (χ4n) is 3.23. The zero-order chi connectivity index (χ0) is 16.3. The summed E-state index contributed by atoms with van der Waals surface area (Å²) >= 11 is 0. The van der Waals surface area contributed by atoms with Crippen LogP contribution in [0.5, 0.6) is 0 Å². The molecule has 2 N–H and O–H groups in total. The summed E-state index contributed by atoms with van der Waals surface area (Å²) < 4.78 is 0. The minimum atomic E-state index is -0.573. The number of carbonyl (C=O) groups is 3. The number of likely N-dealkylation sites (tertiary alicyclic amines) is 1. The Bertz CT molecular complexity index is 460. The summed E-state index contributed by atoms with van der Waals surface area (Å²) in [7, 11) is 0. The molecule has 2 rings (SSSR count). The molecule has 3 amide bonds. The van der Waals surface area contributed by atoms with Crippen LogP contribution in [0, 0.1) is 5.92 Å². The van der Waals surface area contributed by atoms with Crippen molar-refractivity contribution >= 4 is 30.1 Å². The molecule has 2 fully saturated rings. The minimum absolute atomic E-state index is 0. The van der Waals surface area contributed by atoms with Crippen LogP contribution in [0.2, 0.25) is 0 Å². The number of rotatable bonds is 4. The molecule has 2 unspecified atom stereocenters. The lowest BCUT2D eigenvalue weighted by molar-refractivity contribution is -0.158. The minimum Gasteiger partial charge on any atom is -0.337 e. The molecule has 0 aromatic rings. The quantitative estimate of drug-likeness (QED) is 0.707. The van der Waals surface area contributed by atoms with Crippen molar-refractivity contribution in [2.24, 2.45) is 11.7 Å². The molecule has 2 heterocycles. The molecule has 0 radical (unpaired) electrons. The standard InChI is InChI=1S/C15H26N4O3.ClH/c1-3-17-6-7-18(15(22)14(17)21)10-13(20)19-5-4-11(2)8-12(19)9-16;/h11-12H,3-10,16H2,1-2H3;1H. The first-order chi connectivity index (χ1) is 10.5. The molecule has 2 aliphatic rings. The van der Waals surface area contributed by atoms with Gasteiger partial charge in [0.2, 0.25) is 5.91 Å². The zero-order valence-corrected chi connectivity index (χ0v) is 14.7. The van der Waals surface area contributed by atoms with Crippen molar-refractivity contribution < 1.29 is 14.4 Å². The van der Waals surface area contributed by atoms with Crippen LogP contribution < -0.4 is 5.73 Å². The first kappa shape index (κ1) is 19.7. The molecule has 0 aromatic heterocycles. The number of halogens is 1. The molecular weight excluding hydrogens is 320 g/mol. The SMILES string of the molecule is CCN1CCN(CC(=O)N2CCC(C)CC2CN)C(=O)C1=O.Cl. The second-order valence-electron chi connectivity index (χ2n) is 6.22. The number of likely N-dealkylation sites (N-methyl/N-ethyl adjacent to an activating group) is 1. The van der Waals surface area contributed by atoms with Crippen LogP contribution in [-0.2, 0) is 14.4 Å². The molecule has 7 nitrogen and oxygen atoms in total. The van der Waals surface area contributed by atoms with Gasteiger partial charge in [-0.2, -0.15) is 0 Å². The second-order valence-corrected chi connectivity index (χ2v) is 6.22. The lowest BCUT2D eigenvalue weighted by atomic mass is 9.92. The summed E-state index contributed by atoms with van der Waals surface area (Å²) in [6, 6.07) is 0.0407. The van der Waals surface area contributed by atoms with E-state index in [9.17, 15) is 14.4 Å². The number of nitrogens with zero attached hydrogens (tertiary/aromatic N) is 3. The Morgan fingerprint density at radius 3 is 2.39 bits per heavy atom. The van der Waals surface area contributed by atoms with Crippen molar-refractivity contribution in [3.63, 3.8) is 0 Å².